The van der Waals surface area contributed by atoms with Crippen LogP contribution in [0.3, 0.4) is 0 Å². The Balaban J connectivity index is 3.10. The highest BCUT2D eigenvalue weighted by atomic mass is 14.1. The molecule has 68 valence electrons. The fourth-order valence-corrected chi connectivity index (χ4v) is 1.51. The highest BCUT2D eigenvalue weighted by Crippen LogP contribution is 2.15. The van der Waals surface area contributed by atoms with Gasteiger partial charge in [-0.05, 0) is 11.8 Å². The van der Waals surface area contributed by atoms with E-state index in [1.165, 1.54) is 32.1 Å². The Bertz CT molecular complexity index is 74.1. The van der Waals surface area contributed by atoms with Crippen LogP contribution in [0, 0.1) is 11.8 Å². The monoisotopic (exact) mass is 156 g/mol. The van der Waals surface area contributed by atoms with Gasteiger partial charge in [-0.15, -0.1) is 0 Å². The molecule has 1 atom stereocenters. The molecule has 11 heavy (non-hydrogen) atoms. The molecule has 0 heterocycles. The van der Waals surface area contributed by atoms with Crippen molar-refractivity contribution in [2.75, 3.05) is 0 Å². The third kappa shape index (κ3) is 7.90. The van der Waals surface area contributed by atoms with Gasteiger partial charge in [0.05, 0.1) is 0 Å². The Morgan fingerprint density at radius 3 is 2.00 bits per heavy atom. The van der Waals surface area contributed by atoms with Gasteiger partial charge in [-0.2, -0.15) is 0 Å². The predicted octanol–water partition coefficient (Wildman–Crippen LogP) is 4.25. The Labute approximate surface area is 72.4 Å². The fourth-order valence-electron chi connectivity index (χ4n) is 1.51. The van der Waals surface area contributed by atoms with Crippen molar-refractivity contribution in [3.05, 3.63) is 0 Å². The highest BCUT2D eigenvalue weighted by molar-refractivity contribution is 4.54. The van der Waals surface area contributed by atoms with Gasteiger partial charge in [0.15, 0.2) is 0 Å². The van der Waals surface area contributed by atoms with Crippen molar-refractivity contribution in [3.63, 3.8) is 0 Å². The lowest BCUT2D eigenvalue weighted by Crippen LogP contribution is -1.95. The van der Waals surface area contributed by atoms with Gasteiger partial charge >= 0.3 is 0 Å². The zero-order valence-electron chi connectivity index (χ0n) is 8.69. The first-order valence-corrected chi connectivity index (χ1v) is 5.16. The minimum absolute atomic E-state index is 0.892. The molecule has 0 rings (SSSR count). The van der Waals surface area contributed by atoms with Gasteiger partial charge in [-0.3, -0.25) is 0 Å². The van der Waals surface area contributed by atoms with Gasteiger partial charge < -0.3 is 0 Å². The summed E-state index contributed by atoms with van der Waals surface area (Å²) in [5, 5.41) is 0. The highest BCUT2D eigenvalue weighted by Gasteiger charge is 2.00. The minimum atomic E-state index is 0.892. The van der Waals surface area contributed by atoms with Crippen molar-refractivity contribution < 1.29 is 0 Å². The van der Waals surface area contributed by atoms with E-state index in [1.807, 2.05) is 0 Å². The smallest absolute Gasteiger partial charge is 0.0443 e. The second-order valence-electron chi connectivity index (χ2n) is 4.22. The van der Waals surface area contributed by atoms with E-state index in [4.69, 9.17) is 0 Å². The maximum Gasteiger partial charge on any atom is -0.0443 e. The SMILES string of the molecule is CCC[C@@H](C)CCCC(C)C. The lowest BCUT2D eigenvalue weighted by atomic mass is 9.96. The second-order valence-corrected chi connectivity index (χ2v) is 4.22. The number of hydrogen-bond donors (Lipinski definition) is 0. The van der Waals surface area contributed by atoms with E-state index in [1.54, 1.807) is 0 Å². The topological polar surface area (TPSA) is 0 Å². The summed E-state index contributed by atoms with van der Waals surface area (Å²) in [5.74, 6) is 1.85. The van der Waals surface area contributed by atoms with Crippen molar-refractivity contribution >= 4 is 0 Å². The van der Waals surface area contributed by atoms with Gasteiger partial charge in [-0.25, -0.2) is 0 Å². The van der Waals surface area contributed by atoms with E-state index in [0.717, 1.165) is 11.8 Å². The van der Waals surface area contributed by atoms with E-state index in [-0.39, 0.29) is 0 Å². The van der Waals surface area contributed by atoms with Crippen LogP contribution in [0.1, 0.15) is 59.8 Å². The largest absolute Gasteiger partial charge is 0.0654 e. The quantitative estimate of drug-likeness (QED) is 0.539. The Morgan fingerprint density at radius 2 is 1.55 bits per heavy atom. The van der Waals surface area contributed by atoms with Crippen molar-refractivity contribution in [3.8, 4) is 0 Å². The molecule has 0 radical (unpaired) electrons. The summed E-state index contributed by atoms with van der Waals surface area (Å²) in [7, 11) is 0. The molecule has 0 amide bonds. The molecule has 0 spiro atoms. The molecule has 0 aromatic carbocycles. The molecule has 0 aliphatic carbocycles. The molecule has 0 fully saturated rings. The summed E-state index contributed by atoms with van der Waals surface area (Å²) in [6, 6.07) is 0. The van der Waals surface area contributed by atoms with Crippen LogP contribution >= 0.6 is 0 Å². The first-order valence-electron chi connectivity index (χ1n) is 5.16. The van der Waals surface area contributed by atoms with Crippen LogP contribution in [-0.2, 0) is 0 Å². The molecule has 0 saturated carbocycles. The summed E-state index contributed by atoms with van der Waals surface area (Å²) in [4.78, 5) is 0. The van der Waals surface area contributed by atoms with Crippen LogP contribution in [0.4, 0.5) is 0 Å². The molecule has 0 aromatic heterocycles. The van der Waals surface area contributed by atoms with Crippen LogP contribution in [-0.4, -0.2) is 0 Å². The summed E-state index contributed by atoms with van der Waals surface area (Å²) < 4.78 is 0. The normalized spacial score (nSPS) is 13.9. The van der Waals surface area contributed by atoms with E-state index >= 15 is 0 Å². The maximum absolute atomic E-state index is 2.38. The van der Waals surface area contributed by atoms with Crippen LogP contribution < -0.4 is 0 Å². The van der Waals surface area contributed by atoms with Crippen LogP contribution in [0.25, 0.3) is 0 Å². The Hall–Kier alpha value is 0. The number of hydrogen-bond acceptors (Lipinski definition) is 0. The standard InChI is InChI=1S/C11H24/c1-5-7-11(4)9-6-8-10(2)3/h10-11H,5-9H2,1-4H3/t11-/m1/s1. The average molecular weight is 156 g/mol. The van der Waals surface area contributed by atoms with Gasteiger partial charge in [0, 0.05) is 0 Å². The first-order chi connectivity index (χ1) is 5.16. The number of rotatable bonds is 6. The third-order valence-corrected chi connectivity index (χ3v) is 2.26. The Kier molecular flexibility index (Phi) is 6.69. The van der Waals surface area contributed by atoms with Crippen LogP contribution in [0.5, 0.6) is 0 Å². The average Bonchev–Trinajstić information content (AvgIpc) is 1.87. The molecule has 0 bridgehead atoms. The lowest BCUT2D eigenvalue weighted by molar-refractivity contribution is 0.433. The van der Waals surface area contributed by atoms with Gasteiger partial charge in [-0.1, -0.05) is 59.8 Å². The van der Waals surface area contributed by atoms with Gasteiger partial charge in [0.25, 0.3) is 0 Å². The maximum atomic E-state index is 2.38. The summed E-state index contributed by atoms with van der Waals surface area (Å²) in [6.07, 6.45) is 7.04. The third-order valence-electron chi connectivity index (χ3n) is 2.26. The molecule has 0 aliphatic rings. The van der Waals surface area contributed by atoms with E-state index in [2.05, 4.69) is 27.7 Å². The van der Waals surface area contributed by atoms with Gasteiger partial charge in [0.2, 0.25) is 0 Å². The van der Waals surface area contributed by atoms with Crippen molar-refractivity contribution in [1.29, 1.82) is 0 Å². The van der Waals surface area contributed by atoms with Gasteiger partial charge in [0.1, 0.15) is 0 Å². The molecule has 0 saturated heterocycles. The predicted molar refractivity (Wildman–Crippen MR) is 52.8 cm³/mol. The molecule has 0 aliphatic heterocycles. The summed E-state index contributed by atoms with van der Waals surface area (Å²) in [6.45, 7) is 9.28. The zero-order chi connectivity index (χ0) is 8.69. The van der Waals surface area contributed by atoms with Crippen LogP contribution in [0.2, 0.25) is 0 Å². The fraction of sp³-hybridized carbons (Fsp3) is 1.00. The molecule has 0 nitrogen and oxygen atoms in total. The molecule has 0 unspecified atom stereocenters. The van der Waals surface area contributed by atoms with Crippen molar-refractivity contribution in [2.24, 2.45) is 11.8 Å². The first kappa shape index (κ1) is 11.0. The molecular weight excluding hydrogens is 132 g/mol. The molecule has 0 N–H and O–H groups in total. The Morgan fingerprint density at radius 1 is 0.909 bits per heavy atom. The van der Waals surface area contributed by atoms with Crippen LogP contribution in [0.15, 0.2) is 0 Å². The lowest BCUT2D eigenvalue weighted by Gasteiger charge is -2.10. The second kappa shape index (κ2) is 6.69. The molecule has 0 heteroatoms. The van der Waals surface area contributed by atoms with E-state index < -0.39 is 0 Å². The molecular formula is C11H24. The van der Waals surface area contributed by atoms with E-state index in [0.29, 0.717) is 0 Å². The zero-order valence-corrected chi connectivity index (χ0v) is 8.69. The summed E-state index contributed by atoms with van der Waals surface area (Å²) >= 11 is 0. The van der Waals surface area contributed by atoms with E-state index in [9.17, 15) is 0 Å². The summed E-state index contributed by atoms with van der Waals surface area (Å²) in [5.41, 5.74) is 0. The van der Waals surface area contributed by atoms with Crippen molar-refractivity contribution in [1.82, 2.24) is 0 Å². The minimum Gasteiger partial charge on any atom is -0.0654 e. The van der Waals surface area contributed by atoms with Crippen molar-refractivity contribution in [2.45, 2.75) is 59.8 Å². The molecule has 0 aromatic rings.